The third-order valence-corrected chi connectivity index (χ3v) is 5.42. The lowest BCUT2D eigenvalue weighted by Crippen LogP contribution is -2.61. The van der Waals surface area contributed by atoms with Crippen molar-refractivity contribution in [2.45, 2.75) is 65.1 Å². The molecule has 0 aromatic heterocycles. The third kappa shape index (κ3) is 1.92. The molecule has 104 valence electrons. The number of hydrogen-bond acceptors (Lipinski definition) is 3. The van der Waals surface area contributed by atoms with Gasteiger partial charge in [-0.1, -0.05) is 20.8 Å². The zero-order chi connectivity index (χ0) is 13.7. The molecule has 3 heteroatoms. The van der Waals surface area contributed by atoms with Gasteiger partial charge >= 0.3 is 0 Å². The SMILES string of the molecule is CC(C)[C@@H]1CC[C@]2(C)[C@@H](C1=O)[C@@](C)(O)CC[C@@H]2O. The monoisotopic (exact) mass is 254 g/mol. The highest BCUT2D eigenvalue weighted by Crippen LogP contribution is 2.54. The van der Waals surface area contributed by atoms with Gasteiger partial charge in [0.15, 0.2) is 0 Å². The van der Waals surface area contributed by atoms with Gasteiger partial charge in [0.1, 0.15) is 5.78 Å². The van der Waals surface area contributed by atoms with Crippen molar-refractivity contribution in [3.05, 3.63) is 0 Å². The zero-order valence-electron chi connectivity index (χ0n) is 11.9. The highest BCUT2D eigenvalue weighted by Gasteiger charge is 2.59. The van der Waals surface area contributed by atoms with E-state index in [2.05, 4.69) is 13.8 Å². The van der Waals surface area contributed by atoms with E-state index in [0.29, 0.717) is 18.8 Å². The number of carbonyl (C=O) groups excluding carboxylic acids is 1. The minimum atomic E-state index is -0.960. The lowest BCUT2D eigenvalue weighted by molar-refractivity contribution is -0.184. The van der Waals surface area contributed by atoms with Crippen LogP contribution in [-0.2, 0) is 4.79 Å². The van der Waals surface area contributed by atoms with E-state index in [0.717, 1.165) is 12.8 Å². The quantitative estimate of drug-likeness (QED) is 0.754. The Hall–Kier alpha value is -0.410. The Labute approximate surface area is 110 Å². The highest BCUT2D eigenvalue weighted by atomic mass is 16.3. The summed E-state index contributed by atoms with van der Waals surface area (Å²) in [5, 5.41) is 20.9. The number of ketones is 1. The fourth-order valence-corrected chi connectivity index (χ4v) is 4.23. The van der Waals surface area contributed by atoms with Crippen molar-refractivity contribution < 1.29 is 15.0 Å². The van der Waals surface area contributed by atoms with Crippen LogP contribution in [0.25, 0.3) is 0 Å². The topological polar surface area (TPSA) is 57.5 Å². The normalized spacial score (nSPS) is 49.3. The summed E-state index contributed by atoms with van der Waals surface area (Å²) in [6.07, 6.45) is 2.34. The van der Waals surface area contributed by atoms with Crippen molar-refractivity contribution in [1.82, 2.24) is 0 Å². The van der Waals surface area contributed by atoms with Crippen LogP contribution < -0.4 is 0 Å². The van der Waals surface area contributed by atoms with Crippen molar-refractivity contribution in [2.75, 3.05) is 0 Å². The van der Waals surface area contributed by atoms with Crippen LogP contribution >= 0.6 is 0 Å². The molecule has 2 aliphatic carbocycles. The van der Waals surface area contributed by atoms with Gasteiger partial charge in [0.25, 0.3) is 0 Å². The molecule has 0 heterocycles. The van der Waals surface area contributed by atoms with Crippen LogP contribution in [0.5, 0.6) is 0 Å². The number of carbonyl (C=O) groups is 1. The second-order valence-electron chi connectivity index (χ2n) is 7.14. The van der Waals surface area contributed by atoms with E-state index in [-0.39, 0.29) is 11.7 Å². The number of rotatable bonds is 1. The van der Waals surface area contributed by atoms with Crippen LogP contribution in [0.2, 0.25) is 0 Å². The first kappa shape index (κ1) is 14.0. The predicted octanol–water partition coefficient (Wildman–Crippen LogP) is 2.15. The number of Topliss-reactive ketones (excluding diaryl/α,β-unsaturated/α-hetero) is 1. The van der Waals surface area contributed by atoms with Gasteiger partial charge in [-0.25, -0.2) is 0 Å². The molecule has 0 aliphatic heterocycles. The van der Waals surface area contributed by atoms with E-state index in [1.807, 2.05) is 6.92 Å². The Morgan fingerprint density at radius 1 is 1.22 bits per heavy atom. The van der Waals surface area contributed by atoms with Gasteiger partial charge in [-0.15, -0.1) is 0 Å². The fraction of sp³-hybridized carbons (Fsp3) is 0.933. The molecule has 2 rings (SSSR count). The largest absolute Gasteiger partial charge is 0.393 e. The summed E-state index contributed by atoms with van der Waals surface area (Å²) in [5.74, 6) is 0.120. The standard InChI is InChI=1S/C15H26O3/c1-9(2)10-5-7-14(3)11(16)6-8-15(4,18)13(14)12(10)17/h9-11,13,16,18H,5-8H2,1-4H3/t10-,11-,13+,14-,15-/m0/s1. The number of hydrogen-bond donors (Lipinski definition) is 2. The fourth-order valence-electron chi connectivity index (χ4n) is 4.23. The number of aliphatic hydroxyl groups excluding tert-OH is 1. The molecule has 2 saturated carbocycles. The summed E-state index contributed by atoms with van der Waals surface area (Å²) < 4.78 is 0. The predicted molar refractivity (Wildman–Crippen MR) is 70.0 cm³/mol. The molecular weight excluding hydrogens is 228 g/mol. The Morgan fingerprint density at radius 3 is 2.39 bits per heavy atom. The van der Waals surface area contributed by atoms with Crippen molar-refractivity contribution in [3.63, 3.8) is 0 Å². The molecular formula is C15H26O3. The van der Waals surface area contributed by atoms with E-state index >= 15 is 0 Å². The Kier molecular flexibility index (Phi) is 3.35. The first-order chi connectivity index (χ1) is 8.20. The van der Waals surface area contributed by atoms with Gasteiger partial charge in [0.05, 0.1) is 17.6 Å². The molecule has 0 amide bonds. The lowest BCUT2D eigenvalue weighted by atomic mass is 9.51. The molecule has 5 atom stereocenters. The zero-order valence-corrected chi connectivity index (χ0v) is 11.9. The second-order valence-corrected chi connectivity index (χ2v) is 7.14. The van der Waals surface area contributed by atoms with Gasteiger partial charge < -0.3 is 10.2 Å². The summed E-state index contributed by atoms with van der Waals surface area (Å²) in [6.45, 7) is 7.88. The maximum absolute atomic E-state index is 12.7. The first-order valence-electron chi connectivity index (χ1n) is 7.14. The maximum Gasteiger partial charge on any atom is 0.142 e. The van der Waals surface area contributed by atoms with Crippen LogP contribution in [0.15, 0.2) is 0 Å². The number of aliphatic hydroxyl groups is 2. The highest BCUT2D eigenvalue weighted by molar-refractivity contribution is 5.86. The average Bonchev–Trinajstić information content (AvgIpc) is 2.23. The van der Waals surface area contributed by atoms with Gasteiger partial charge in [0, 0.05) is 11.3 Å². The van der Waals surface area contributed by atoms with Gasteiger partial charge in [-0.2, -0.15) is 0 Å². The number of fused-ring (bicyclic) bond motifs is 1. The van der Waals surface area contributed by atoms with Crippen molar-refractivity contribution >= 4 is 5.78 Å². The second kappa shape index (κ2) is 4.31. The molecule has 2 fully saturated rings. The van der Waals surface area contributed by atoms with E-state index in [1.54, 1.807) is 6.92 Å². The molecule has 2 N–H and O–H groups in total. The summed E-state index contributed by atoms with van der Waals surface area (Å²) in [7, 11) is 0. The molecule has 0 radical (unpaired) electrons. The van der Waals surface area contributed by atoms with Crippen molar-refractivity contribution in [3.8, 4) is 0 Å². The molecule has 0 aromatic carbocycles. The van der Waals surface area contributed by atoms with Gasteiger partial charge in [-0.3, -0.25) is 4.79 Å². The maximum atomic E-state index is 12.7. The smallest absolute Gasteiger partial charge is 0.142 e. The average molecular weight is 254 g/mol. The molecule has 18 heavy (non-hydrogen) atoms. The van der Waals surface area contributed by atoms with E-state index in [1.165, 1.54) is 0 Å². The van der Waals surface area contributed by atoms with Crippen LogP contribution in [0.4, 0.5) is 0 Å². The molecule has 0 aromatic rings. The van der Waals surface area contributed by atoms with Crippen molar-refractivity contribution in [2.24, 2.45) is 23.2 Å². The molecule has 0 bridgehead atoms. The Morgan fingerprint density at radius 2 is 1.83 bits per heavy atom. The summed E-state index contributed by atoms with van der Waals surface area (Å²) in [4.78, 5) is 12.7. The van der Waals surface area contributed by atoms with Crippen LogP contribution in [0, 0.1) is 23.2 Å². The van der Waals surface area contributed by atoms with E-state index in [4.69, 9.17) is 0 Å². The first-order valence-corrected chi connectivity index (χ1v) is 7.14. The summed E-state index contributed by atoms with van der Waals surface area (Å²) in [5.41, 5.74) is -1.40. The van der Waals surface area contributed by atoms with Crippen LogP contribution in [-0.4, -0.2) is 27.7 Å². The molecule has 3 nitrogen and oxygen atoms in total. The Bertz CT molecular complexity index is 348. The van der Waals surface area contributed by atoms with Crippen molar-refractivity contribution in [1.29, 1.82) is 0 Å². The third-order valence-electron chi connectivity index (χ3n) is 5.42. The minimum absolute atomic E-state index is 0.0415. The Balaban J connectivity index is 2.38. The van der Waals surface area contributed by atoms with Crippen LogP contribution in [0.1, 0.15) is 53.4 Å². The molecule has 2 aliphatic rings. The molecule has 0 saturated heterocycles. The van der Waals surface area contributed by atoms with E-state index < -0.39 is 23.0 Å². The molecule has 0 unspecified atom stereocenters. The summed E-state index contributed by atoms with van der Waals surface area (Å²) in [6, 6.07) is 0. The minimum Gasteiger partial charge on any atom is -0.393 e. The molecule has 0 spiro atoms. The lowest BCUT2D eigenvalue weighted by Gasteiger charge is -2.55. The van der Waals surface area contributed by atoms with Crippen LogP contribution in [0.3, 0.4) is 0 Å². The van der Waals surface area contributed by atoms with E-state index in [9.17, 15) is 15.0 Å². The van der Waals surface area contributed by atoms with Gasteiger partial charge in [-0.05, 0) is 38.5 Å². The van der Waals surface area contributed by atoms with Gasteiger partial charge in [0.2, 0.25) is 0 Å². The summed E-state index contributed by atoms with van der Waals surface area (Å²) >= 11 is 0.